The summed E-state index contributed by atoms with van der Waals surface area (Å²) in [5.41, 5.74) is 2.11. The second kappa shape index (κ2) is 8.99. The van der Waals surface area contributed by atoms with Crippen LogP contribution in [0.4, 0.5) is 17.1 Å². The average molecular weight is 471 g/mol. The number of nitrogens with one attached hydrogen (secondary N) is 3. The van der Waals surface area contributed by atoms with Crippen LogP contribution in [0.25, 0.3) is 0 Å². The molecular formula is C22H19ClN4O4S. The first-order chi connectivity index (χ1) is 15.3. The van der Waals surface area contributed by atoms with Gasteiger partial charge in [-0.1, -0.05) is 29.8 Å². The van der Waals surface area contributed by atoms with E-state index in [9.17, 15) is 18.0 Å². The Balaban J connectivity index is 1.46. The fourth-order valence-corrected chi connectivity index (χ4v) is 4.61. The van der Waals surface area contributed by atoms with Crippen molar-refractivity contribution in [3.8, 4) is 0 Å². The molecule has 0 radical (unpaired) electrons. The summed E-state index contributed by atoms with van der Waals surface area (Å²) in [5.74, 6) is -0.709. The Morgan fingerprint density at radius 2 is 1.53 bits per heavy atom. The van der Waals surface area contributed by atoms with Gasteiger partial charge in [-0.15, -0.1) is 0 Å². The van der Waals surface area contributed by atoms with Gasteiger partial charge in [0.15, 0.2) is 0 Å². The van der Waals surface area contributed by atoms with Gasteiger partial charge < -0.3 is 10.6 Å². The number of hydrogen-bond acceptors (Lipinski definition) is 4. The standard InChI is InChI=1S/C22H19ClN4O4S/c23-19-11-8-17(14-20(19)26-22(29)15-4-2-1-3-5-15)25-21(28)16-6-9-18(10-7-16)27-13-12-24-32(27,30)31/h1-11,14,24H,12-13H2,(H,25,28)(H,26,29). The lowest BCUT2D eigenvalue weighted by atomic mass is 10.1. The van der Waals surface area contributed by atoms with Gasteiger partial charge in [0.05, 0.1) is 16.4 Å². The van der Waals surface area contributed by atoms with Crippen LogP contribution < -0.4 is 19.7 Å². The van der Waals surface area contributed by atoms with Crippen LogP contribution in [0.2, 0.25) is 5.02 Å². The van der Waals surface area contributed by atoms with E-state index in [2.05, 4.69) is 15.4 Å². The zero-order valence-electron chi connectivity index (χ0n) is 16.7. The zero-order chi connectivity index (χ0) is 22.7. The summed E-state index contributed by atoms with van der Waals surface area (Å²) in [5, 5.41) is 5.82. The maximum atomic E-state index is 12.6. The van der Waals surface area contributed by atoms with Crippen LogP contribution in [0.5, 0.6) is 0 Å². The number of benzene rings is 3. The van der Waals surface area contributed by atoms with Crippen LogP contribution in [-0.2, 0) is 10.2 Å². The van der Waals surface area contributed by atoms with Crippen LogP contribution in [0.1, 0.15) is 20.7 Å². The molecule has 0 aliphatic carbocycles. The molecule has 0 atom stereocenters. The van der Waals surface area contributed by atoms with Crippen LogP contribution >= 0.6 is 11.6 Å². The molecule has 0 saturated carbocycles. The van der Waals surface area contributed by atoms with Crippen LogP contribution in [0.3, 0.4) is 0 Å². The highest BCUT2D eigenvalue weighted by atomic mass is 35.5. The topological polar surface area (TPSA) is 108 Å². The quantitative estimate of drug-likeness (QED) is 0.530. The van der Waals surface area contributed by atoms with Gasteiger partial charge in [0.2, 0.25) is 0 Å². The average Bonchev–Trinajstić information content (AvgIpc) is 3.15. The van der Waals surface area contributed by atoms with E-state index in [4.69, 9.17) is 11.6 Å². The van der Waals surface area contributed by atoms with E-state index in [1.165, 1.54) is 4.31 Å². The molecule has 1 aliphatic rings. The van der Waals surface area contributed by atoms with Crippen molar-refractivity contribution >= 4 is 50.7 Å². The number of rotatable bonds is 5. The molecule has 1 saturated heterocycles. The Bertz CT molecular complexity index is 1260. The van der Waals surface area contributed by atoms with E-state index in [1.54, 1.807) is 66.7 Å². The molecule has 4 rings (SSSR count). The molecule has 0 spiro atoms. The number of halogens is 1. The highest BCUT2D eigenvalue weighted by Gasteiger charge is 2.27. The van der Waals surface area contributed by atoms with Gasteiger partial charge >= 0.3 is 10.2 Å². The van der Waals surface area contributed by atoms with Crippen molar-refractivity contribution in [3.63, 3.8) is 0 Å². The van der Waals surface area contributed by atoms with E-state index in [0.717, 1.165) is 0 Å². The molecule has 0 aromatic heterocycles. The molecule has 164 valence electrons. The van der Waals surface area contributed by atoms with Gasteiger partial charge in [0.25, 0.3) is 11.8 Å². The highest BCUT2D eigenvalue weighted by molar-refractivity contribution is 7.91. The molecule has 10 heteroatoms. The maximum Gasteiger partial charge on any atom is 0.301 e. The van der Waals surface area contributed by atoms with Crippen molar-refractivity contribution in [1.29, 1.82) is 0 Å². The Morgan fingerprint density at radius 3 is 2.19 bits per heavy atom. The van der Waals surface area contributed by atoms with E-state index in [-0.39, 0.29) is 11.8 Å². The number of carbonyl (C=O) groups excluding carboxylic acids is 2. The Hall–Kier alpha value is -3.40. The minimum atomic E-state index is -3.52. The maximum absolute atomic E-state index is 12.6. The van der Waals surface area contributed by atoms with E-state index >= 15 is 0 Å². The number of carbonyl (C=O) groups is 2. The first-order valence-electron chi connectivity index (χ1n) is 9.68. The summed E-state index contributed by atoms with van der Waals surface area (Å²) < 4.78 is 27.6. The molecule has 0 bridgehead atoms. The molecular weight excluding hydrogens is 452 g/mol. The summed E-state index contributed by atoms with van der Waals surface area (Å²) in [6.45, 7) is 0.667. The normalized spacial score (nSPS) is 14.7. The summed E-state index contributed by atoms with van der Waals surface area (Å²) >= 11 is 6.20. The third kappa shape index (κ3) is 4.75. The predicted octanol–water partition coefficient (Wildman–Crippen LogP) is 3.50. The Kier molecular flexibility index (Phi) is 6.13. The molecule has 1 aliphatic heterocycles. The zero-order valence-corrected chi connectivity index (χ0v) is 18.3. The molecule has 2 amide bonds. The highest BCUT2D eigenvalue weighted by Crippen LogP contribution is 2.27. The van der Waals surface area contributed by atoms with E-state index in [0.29, 0.717) is 46.3 Å². The third-order valence-electron chi connectivity index (χ3n) is 4.82. The Labute approximate surface area is 190 Å². The van der Waals surface area contributed by atoms with Crippen LogP contribution in [-0.4, -0.2) is 33.3 Å². The van der Waals surface area contributed by atoms with Crippen molar-refractivity contribution in [2.75, 3.05) is 28.0 Å². The van der Waals surface area contributed by atoms with Gasteiger partial charge in [-0.05, 0) is 54.6 Å². The lowest BCUT2D eigenvalue weighted by Crippen LogP contribution is -2.29. The van der Waals surface area contributed by atoms with Crippen molar-refractivity contribution in [2.24, 2.45) is 0 Å². The fourth-order valence-electron chi connectivity index (χ4n) is 3.21. The van der Waals surface area contributed by atoms with Gasteiger partial charge in [-0.2, -0.15) is 13.1 Å². The summed E-state index contributed by atoms with van der Waals surface area (Å²) in [4.78, 5) is 25.0. The van der Waals surface area contributed by atoms with Gasteiger partial charge in [-0.3, -0.25) is 13.9 Å². The van der Waals surface area contributed by atoms with Crippen LogP contribution in [0.15, 0.2) is 72.8 Å². The summed E-state index contributed by atoms with van der Waals surface area (Å²) in [7, 11) is -3.52. The first kappa shape index (κ1) is 21.8. The van der Waals surface area contributed by atoms with Gasteiger partial charge in [-0.25, -0.2) is 0 Å². The summed E-state index contributed by atoms with van der Waals surface area (Å²) in [6.07, 6.45) is 0. The molecule has 3 aromatic carbocycles. The molecule has 1 heterocycles. The van der Waals surface area contributed by atoms with Crippen molar-refractivity contribution in [1.82, 2.24) is 4.72 Å². The smallest absolute Gasteiger partial charge is 0.301 e. The third-order valence-corrected chi connectivity index (χ3v) is 6.69. The van der Waals surface area contributed by atoms with Crippen molar-refractivity contribution < 1.29 is 18.0 Å². The molecule has 3 N–H and O–H groups in total. The van der Waals surface area contributed by atoms with Crippen molar-refractivity contribution in [2.45, 2.75) is 0 Å². The first-order valence-corrected chi connectivity index (χ1v) is 11.5. The second-order valence-corrected chi connectivity index (χ2v) is 9.07. The Morgan fingerprint density at radius 1 is 0.875 bits per heavy atom. The van der Waals surface area contributed by atoms with E-state index < -0.39 is 10.2 Å². The second-order valence-electron chi connectivity index (χ2n) is 6.99. The van der Waals surface area contributed by atoms with Crippen molar-refractivity contribution in [3.05, 3.63) is 88.9 Å². The van der Waals surface area contributed by atoms with Gasteiger partial charge in [0.1, 0.15) is 0 Å². The molecule has 1 fully saturated rings. The number of anilines is 3. The SMILES string of the molecule is O=C(Nc1ccc(Cl)c(NC(=O)c2ccccc2)c1)c1ccc(N2CCNS2(=O)=O)cc1. The molecule has 32 heavy (non-hydrogen) atoms. The molecule has 0 unspecified atom stereocenters. The minimum absolute atomic E-state index is 0.321. The predicted molar refractivity (Wildman–Crippen MR) is 125 cm³/mol. The lowest BCUT2D eigenvalue weighted by Gasteiger charge is -2.16. The van der Waals surface area contributed by atoms with Gasteiger partial charge in [0, 0.05) is 29.9 Å². The molecule has 3 aromatic rings. The summed E-state index contributed by atoms with van der Waals surface area (Å²) in [6, 6.07) is 19.7. The minimum Gasteiger partial charge on any atom is -0.322 e. The molecule has 8 nitrogen and oxygen atoms in total. The fraction of sp³-hybridized carbons (Fsp3) is 0.0909. The number of nitrogens with zero attached hydrogens (tertiary/aromatic N) is 1. The monoisotopic (exact) mass is 470 g/mol. The lowest BCUT2D eigenvalue weighted by molar-refractivity contribution is 0.101. The van der Waals surface area contributed by atoms with Crippen LogP contribution in [0, 0.1) is 0 Å². The van der Waals surface area contributed by atoms with E-state index in [1.807, 2.05) is 6.07 Å². The largest absolute Gasteiger partial charge is 0.322 e. The number of amides is 2. The number of hydrogen-bond donors (Lipinski definition) is 3.